The fourth-order valence-corrected chi connectivity index (χ4v) is 6.35. The van der Waals surface area contributed by atoms with Crippen LogP contribution < -0.4 is 26.0 Å². The molecular formula is C39H48N4O12. The average molecular weight is 765 g/mol. The largest absolute Gasteiger partial charge is 0.507 e. The Balaban J connectivity index is 0.000000258. The highest BCUT2D eigenvalue weighted by molar-refractivity contribution is 6.33. The highest BCUT2D eigenvalue weighted by atomic mass is 16.5. The number of phenols is 3. The summed E-state index contributed by atoms with van der Waals surface area (Å²) in [5.74, 6) is -2.83. The molecule has 0 saturated carbocycles. The molecule has 5 rings (SSSR count). The summed E-state index contributed by atoms with van der Waals surface area (Å²) in [6.45, 7) is 6.60. The van der Waals surface area contributed by atoms with Crippen LogP contribution in [0.15, 0.2) is 35.9 Å². The van der Waals surface area contributed by atoms with Crippen LogP contribution in [0, 0.1) is 6.92 Å². The average Bonchev–Trinajstić information content (AvgIpc) is 3.56. The number of nitrogens with one attached hydrogen (secondary N) is 4. The second kappa shape index (κ2) is 19.6. The maximum Gasteiger partial charge on any atom is 0.342 e. The zero-order valence-corrected chi connectivity index (χ0v) is 31.0. The van der Waals surface area contributed by atoms with Crippen molar-refractivity contribution < 1.29 is 59.3 Å². The number of aliphatic carboxylic acids is 1. The number of aliphatic hydroxyl groups excluding tert-OH is 2. The Morgan fingerprint density at radius 1 is 0.782 bits per heavy atom. The number of rotatable bonds is 18. The van der Waals surface area contributed by atoms with E-state index in [-0.39, 0.29) is 71.3 Å². The first kappa shape index (κ1) is 42.1. The predicted molar refractivity (Wildman–Crippen MR) is 203 cm³/mol. The molecule has 0 unspecified atom stereocenters. The van der Waals surface area contributed by atoms with E-state index in [4.69, 9.17) is 24.8 Å². The highest BCUT2D eigenvalue weighted by Gasteiger charge is 2.38. The SMILES string of the molecule is COc1c(C)c2c(c(O)c1C/C=C(\C)CCC(=O)O)C(=O)OC2.O=C1c2c(O)ccc(O)c2C(=O)c2c(NCCNCCO)ccc(NCCNCCO)c21. The first-order valence-corrected chi connectivity index (χ1v) is 17.8. The third-order valence-electron chi connectivity index (χ3n) is 9.12. The monoisotopic (exact) mass is 764 g/mol. The van der Waals surface area contributed by atoms with Crippen molar-refractivity contribution in [3.8, 4) is 23.0 Å². The highest BCUT2D eigenvalue weighted by Crippen LogP contribution is 2.43. The van der Waals surface area contributed by atoms with Gasteiger partial charge in [-0.05, 0) is 56.5 Å². The number of aliphatic hydroxyl groups is 2. The number of ether oxygens (including phenoxy) is 2. The minimum absolute atomic E-state index is 0.00939. The van der Waals surface area contributed by atoms with Gasteiger partial charge in [-0.15, -0.1) is 0 Å². The van der Waals surface area contributed by atoms with Crippen LogP contribution >= 0.6 is 0 Å². The second-order valence-electron chi connectivity index (χ2n) is 12.8. The third kappa shape index (κ3) is 9.71. The normalized spacial score (nSPS) is 13.0. The lowest BCUT2D eigenvalue weighted by Gasteiger charge is -2.25. The quantitative estimate of drug-likeness (QED) is 0.0302. The molecule has 55 heavy (non-hydrogen) atoms. The molecule has 16 nitrogen and oxygen atoms in total. The number of allylic oxidation sites excluding steroid dienone is 2. The number of carboxylic acids is 1. The number of carbonyl (C=O) groups is 4. The summed E-state index contributed by atoms with van der Waals surface area (Å²) >= 11 is 0. The number of phenolic OH excluding ortho intramolecular Hbond substituents is 3. The number of benzene rings is 3. The Hall–Kier alpha value is -5.68. The zero-order valence-electron chi connectivity index (χ0n) is 31.0. The van der Waals surface area contributed by atoms with Gasteiger partial charge in [-0.1, -0.05) is 11.6 Å². The van der Waals surface area contributed by atoms with Gasteiger partial charge in [0.05, 0.1) is 42.6 Å². The van der Waals surface area contributed by atoms with Crippen molar-refractivity contribution in [2.45, 2.75) is 39.7 Å². The number of aromatic hydroxyl groups is 3. The summed E-state index contributed by atoms with van der Waals surface area (Å²) in [5.41, 5.74) is 3.72. The number of anilines is 2. The van der Waals surface area contributed by atoms with E-state index in [1.165, 1.54) is 19.2 Å². The lowest BCUT2D eigenvalue weighted by atomic mass is 9.81. The number of carboxylic acid groups (broad SMARTS) is 1. The number of hydrogen-bond donors (Lipinski definition) is 10. The number of cyclic esters (lactones) is 1. The molecule has 0 radical (unpaired) electrons. The summed E-state index contributed by atoms with van der Waals surface area (Å²) in [7, 11) is 1.51. The topological polar surface area (TPSA) is 256 Å². The standard InChI is InChI=1S/C22H28N4O6.C17H20O6/c27-11-9-23-5-7-25-13-1-2-14(26-8-6-24-10-12-28)18-17(13)21(31)19-15(29)3-4-16(30)20(19)22(18)32;1-9(5-7-13(18)19)4-6-11-15(20)14-12(8-23-17(14)21)10(2)16(11)22-3/h1-4,23-30H,5-12H2;4,20H,5-8H2,1-3H3,(H,18,19)/b;9-4+. The van der Waals surface area contributed by atoms with Crippen molar-refractivity contribution >= 4 is 34.9 Å². The van der Waals surface area contributed by atoms with E-state index in [1.807, 2.05) is 19.9 Å². The van der Waals surface area contributed by atoms with Crippen LogP contribution in [0.3, 0.4) is 0 Å². The van der Waals surface area contributed by atoms with Gasteiger partial charge in [0.25, 0.3) is 0 Å². The molecular weight excluding hydrogens is 716 g/mol. The Labute approximate surface area is 317 Å². The molecule has 0 amide bonds. The minimum atomic E-state index is -0.853. The van der Waals surface area contributed by atoms with Crippen LogP contribution in [-0.2, 0) is 22.6 Å². The number of fused-ring (bicyclic) bond motifs is 3. The van der Waals surface area contributed by atoms with Gasteiger partial charge < -0.3 is 61.4 Å². The van der Waals surface area contributed by atoms with Gasteiger partial charge in [-0.25, -0.2) is 4.79 Å². The number of methoxy groups -OCH3 is 1. The van der Waals surface area contributed by atoms with Crippen molar-refractivity contribution in [3.05, 3.63) is 80.4 Å². The molecule has 1 heterocycles. The molecule has 1 aliphatic heterocycles. The summed E-state index contributed by atoms with van der Waals surface area (Å²) in [5, 5.41) is 69.7. The Kier molecular flexibility index (Phi) is 15.0. The number of esters is 1. The molecule has 296 valence electrons. The van der Waals surface area contributed by atoms with E-state index in [9.17, 15) is 34.5 Å². The van der Waals surface area contributed by atoms with Crippen molar-refractivity contribution in [2.75, 3.05) is 70.2 Å². The van der Waals surface area contributed by atoms with Gasteiger partial charge in [-0.2, -0.15) is 0 Å². The molecule has 0 bridgehead atoms. The Bertz CT molecular complexity index is 1880. The Morgan fingerprint density at radius 2 is 1.31 bits per heavy atom. The summed E-state index contributed by atoms with van der Waals surface area (Å²) in [4.78, 5) is 49.1. The van der Waals surface area contributed by atoms with Gasteiger partial charge >= 0.3 is 11.9 Å². The van der Waals surface area contributed by atoms with E-state index >= 15 is 0 Å². The van der Waals surface area contributed by atoms with Crippen LogP contribution in [-0.4, -0.2) is 114 Å². The van der Waals surface area contributed by atoms with Crippen LogP contribution in [0.4, 0.5) is 11.4 Å². The predicted octanol–water partition coefficient (Wildman–Crippen LogP) is 2.59. The molecule has 1 aliphatic carbocycles. The third-order valence-corrected chi connectivity index (χ3v) is 9.12. The van der Waals surface area contributed by atoms with Crippen LogP contribution in [0.5, 0.6) is 23.0 Å². The molecule has 3 aromatic carbocycles. The van der Waals surface area contributed by atoms with Crippen LogP contribution in [0.2, 0.25) is 0 Å². The fourth-order valence-electron chi connectivity index (χ4n) is 6.35. The van der Waals surface area contributed by atoms with Crippen molar-refractivity contribution in [2.24, 2.45) is 0 Å². The summed E-state index contributed by atoms with van der Waals surface area (Å²) in [6, 6.07) is 5.74. The maximum absolute atomic E-state index is 13.4. The second-order valence-corrected chi connectivity index (χ2v) is 12.8. The van der Waals surface area contributed by atoms with E-state index in [0.29, 0.717) is 80.4 Å². The van der Waals surface area contributed by atoms with Gasteiger partial charge in [-0.3, -0.25) is 14.4 Å². The minimum Gasteiger partial charge on any atom is -0.507 e. The first-order chi connectivity index (χ1) is 26.4. The maximum atomic E-state index is 13.4. The summed E-state index contributed by atoms with van der Waals surface area (Å²) < 4.78 is 10.4. The molecule has 0 atom stereocenters. The molecule has 0 spiro atoms. The molecule has 0 fully saturated rings. The zero-order chi connectivity index (χ0) is 40.2. The van der Waals surface area contributed by atoms with Crippen LogP contribution in [0.25, 0.3) is 0 Å². The first-order valence-electron chi connectivity index (χ1n) is 17.8. The van der Waals surface area contributed by atoms with E-state index in [0.717, 1.165) is 11.1 Å². The molecule has 2 aliphatic rings. The molecule has 0 aromatic heterocycles. The van der Waals surface area contributed by atoms with E-state index in [2.05, 4.69) is 21.3 Å². The van der Waals surface area contributed by atoms with Gasteiger partial charge in [0.2, 0.25) is 11.6 Å². The van der Waals surface area contributed by atoms with E-state index in [1.54, 1.807) is 12.1 Å². The Morgan fingerprint density at radius 3 is 1.78 bits per heavy atom. The van der Waals surface area contributed by atoms with Gasteiger partial charge in [0.1, 0.15) is 35.2 Å². The molecule has 3 aromatic rings. The van der Waals surface area contributed by atoms with Gasteiger partial charge in [0, 0.05) is 68.2 Å². The van der Waals surface area contributed by atoms with E-state index < -0.39 is 23.5 Å². The van der Waals surface area contributed by atoms with Gasteiger partial charge in [0.15, 0.2) is 0 Å². The van der Waals surface area contributed by atoms with Crippen molar-refractivity contribution in [1.82, 2.24) is 10.6 Å². The fraction of sp³-hybridized carbons (Fsp3) is 0.385. The number of carbonyl (C=O) groups excluding carboxylic acids is 3. The lowest BCUT2D eigenvalue weighted by Crippen LogP contribution is -2.28. The number of hydrogen-bond acceptors (Lipinski definition) is 15. The summed E-state index contributed by atoms with van der Waals surface area (Å²) in [6.07, 6.45) is 2.68. The van der Waals surface area contributed by atoms with Crippen molar-refractivity contribution in [1.29, 1.82) is 0 Å². The number of ketones is 2. The lowest BCUT2D eigenvalue weighted by molar-refractivity contribution is -0.136. The molecule has 0 saturated heterocycles. The smallest absolute Gasteiger partial charge is 0.342 e. The van der Waals surface area contributed by atoms with Crippen molar-refractivity contribution in [3.63, 3.8) is 0 Å². The van der Waals surface area contributed by atoms with Crippen LogP contribution in [0.1, 0.15) is 78.7 Å². The molecule has 10 N–H and O–H groups in total. The molecule has 16 heteroatoms.